The van der Waals surface area contributed by atoms with E-state index in [9.17, 15) is 8.78 Å². The lowest BCUT2D eigenvalue weighted by Crippen LogP contribution is -2.19. The Bertz CT molecular complexity index is 608. The van der Waals surface area contributed by atoms with Crippen LogP contribution in [0.5, 0.6) is 0 Å². The summed E-state index contributed by atoms with van der Waals surface area (Å²) < 4.78 is 26.8. The molecule has 1 N–H and O–H groups in total. The van der Waals surface area contributed by atoms with Gasteiger partial charge in [-0.15, -0.1) is 0 Å². The molecule has 0 radical (unpaired) electrons. The Morgan fingerprint density at radius 2 is 1.70 bits per heavy atom. The quantitative estimate of drug-likeness (QED) is 0.870. The molecule has 20 heavy (non-hydrogen) atoms. The zero-order valence-corrected chi connectivity index (χ0v) is 12.0. The molecule has 2 aromatic carbocycles. The fraction of sp³-hybridized carbons (Fsp3) is 0.294. The highest BCUT2D eigenvalue weighted by Crippen LogP contribution is 2.18. The molecule has 0 aliphatic carbocycles. The van der Waals surface area contributed by atoms with E-state index >= 15 is 0 Å². The molecular weight excluding hydrogens is 256 g/mol. The normalized spacial score (nSPS) is 12.4. The van der Waals surface area contributed by atoms with Gasteiger partial charge in [-0.2, -0.15) is 0 Å². The summed E-state index contributed by atoms with van der Waals surface area (Å²) in [5.41, 5.74) is 3.50. The van der Waals surface area contributed by atoms with Crippen molar-refractivity contribution in [2.75, 3.05) is 0 Å². The third kappa shape index (κ3) is 3.42. The van der Waals surface area contributed by atoms with Crippen LogP contribution >= 0.6 is 0 Å². The minimum atomic E-state index is -0.235. The fourth-order valence-electron chi connectivity index (χ4n) is 2.09. The first kappa shape index (κ1) is 14.7. The molecule has 0 saturated heterocycles. The lowest BCUT2D eigenvalue weighted by molar-refractivity contribution is 0.558. The molecule has 0 bridgehead atoms. The van der Waals surface area contributed by atoms with E-state index in [2.05, 4.69) is 5.32 Å². The highest BCUT2D eigenvalue weighted by atomic mass is 19.1. The summed E-state index contributed by atoms with van der Waals surface area (Å²) in [5.74, 6) is -0.431. The van der Waals surface area contributed by atoms with E-state index in [0.29, 0.717) is 12.1 Å². The lowest BCUT2D eigenvalue weighted by Gasteiger charge is -2.16. The van der Waals surface area contributed by atoms with Crippen LogP contribution in [-0.4, -0.2) is 0 Å². The highest BCUT2D eigenvalue weighted by Gasteiger charge is 2.08. The molecule has 0 heterocycles. The number of rotatable bonds is 4. The zero-order valence-electron chi connectivity index (χ0n) is 12.0. The molecule has 1 atom stereocenters. The Kier molecular flexibility index (Phi) is 4.50. The fourth-order valence-corrected chi connectivity index (χ4v) is 2.09. The number of aryl methyl sites for hydroxylation is 2. The molecule has 0 spiro atoms. The summed E-state index contributed by atoms with van der Waals surface area (Å²) in [6, 6.07) is 9.99. The molecule has 1 nitrogen and oxygen atoms in total. The van der Waals surface area contributed by atoms with Gasteiger partial charge in [0.05, 0.1) is 0 Å². The lowest BCUT2D eigenvalue weighted by atomic mass is 10.0. The Hall–Kier alpha value is -1.74. The minimum absolute atomic E-state index is 0.00719. The first-order valence-corrected chi connectivity index (χ1v) is 6.72. The highest BCUT2D eigenvalue weighted by molar-refractivity contribution is 5.28. The van der Waals surface area contributed by atoms with Gasteiger partial charge in [0.15, 0.2) is 0 Å². The van der Waals surface area contributed by atoms with Crippen molar-refractivity contribution in [3.8, 4) is 0 Å². The Labute approximate surface area is 118 Å². The molecule has 0 aromatic heterocycles. The number of nitrogens with one attached hydrogen (secondary N) is 1. The molecular formula is C17H19F2N. The number of hydrogen-bond donors (Lipinski definition) is 1. The summed E-state index contributed by atoms with van der Waals surface area (Å²) in [6.07, 6.45) is 0. The van der Waals surface area contributed by atoms with Crippen LogP contribution in [0, 0.1) is 25.5 Å². The van der Waals surface area contributed by atoms with Crippen molar-refractivity contribution in [3.05, 3.63) is 70.3 Å². The van der Waals surface area contributed by atoms with Crippen molar-refractivity contribution in [1.82, 2.24) is 5.32 Å². The summed E-state index contributed by atoms with van der Waals surface area (Å²) in [4.78, 5) is 0. The molecule has 1 unspecified atom stereocenters. The van der Waals surface area contributed by atoms with E-state index < -0.39 is 0 Å². The van der Waals surface area contributed by atoms with Gasteiger partial charge in [-0.05, 0) is 61.2 Å². The minimum Gasteiger partial charge on any atom is -0.306 e. The Balaban J connectivity index is 2.06. The summed E-state index contributed by atoms with van der Waals surface area (Å²) in [7, 11) is 0. The molecule has 2 aromatic rings. The second-order valence-corrected chi connectivity index (χ2v) is 5.18. The van der Waals surface area contributed by atoms with Crippen molar-refractivity contribution in [1.29, 1.82) is 0 Å². The number of halogens is 2. The van der Waals surface area contributed by atoms with Crippen molar-refractivity contribution in [2.24, 2.45) is 0 Å². The Morgan fingerprint density at radius 3 is 2.40 bits per heavy atom. The third-order valence-electron chi connectivity index (χ3n) is 3.61. The van der Waals surface area contributed by atoms with E-state index in [1.54, 1.807) is 25.1 Å². The Morgan fingerprint density at radius 1 is 1.00 bits per heavy atom. The SMILES string of the molecule is Cc1ccc(C(C)NCc2cc(F)ccc2C)cc1F. The zero-order chi connectivity index (χ0) is 14.7. The van der Waals surface area contributed by atoms with Gasteiger partial charge >= 0.3 is 0 Å². The average molecular weight is 275 g/mol. The van der Waals surface area contributed by atoms with E-state index in [-0.39, 0.29) is 17.7 Å². The standard InChI is InChI=1S/C17H19F2N/c1-11-5-7-16(18)8-15(11)10-20-13(3)14-6-4-12(2)17(19)9-14/h4-9,13,20H,10H2,1-3H3. The van der Waals surface area contributed by atoms with Crippen LogP contribution < -0.4 is 5.32 Å². The van der Waals surface area contributed by atoms with E-state index in [1.807, 2.05) is 19.9 Å². The van der Waals surface area contributed by atoms with Gasteiger partial charge < -0.3 is 5.32 Å². The van der Waals surface area contributed by atoms with Crippen LogP contribution in [0.15, 0.2) is 36.4 Å². The van der Waals surface area contributed by atoms with Crippen LogP contribution in [0.2, 0.25) is 0 Å². The smallest absolute Gasteiger partial charge is 0.126 e. The average Bonchev–Trinajstić information content (AvgIpc) is 2.42. The summed E-state index contributed by atoms with van der Waals surface area (Å²) in [5, 5.41) is 3.30. The van der Waals surface area contributed by atoms with Gasteiger partial charge in [0.2, 0.25) is 0 Å². The molecule has 0 amide bonds. The molecule has 106 valence electrons. The number of benzene rings is 2. The molecule has 0 aliphatic heterocycles. The van der Waals surface area contributed by atoms with Crippen LogP contribution in [0.1, 0.15) is 35.2 Å². The molecule has 0 saturated carbocycles. The van der Waals surface area contributed by atoms with Crippen LogP contribution in [0.25, 0.3) is 0 Å². The van der Waals surface area contributed by atoms with Gasteiger partial charge in [0.25, 0.3) is 0 Å². The maximum Gasteiger partial charge on any atom is 0.126 e. The van der Waals surface area contributed by atoms with Gasteiger partial charge in [0, 0.05) is 12.6 Å². The first-order chi connectivity index (χ1) is 9.47. The van der Waals surface area contributed by atoms with Gasteiger partial charge in [-0.3, -0.25) is 0 Å². The molecule has 0 fully saturated rings. The first-order valence-electron chi connectivity index (χ1n) is 6.72. The summed E-state index contributed by atoms with van der Waals surface area (Å²) in [6.45, 7) is 6.22. The van der Waals surface area contributed by atoms with Crippen molar-refractivity contribution >= 4 is 0 Å². The maximum atomic E-state index is 13.5. The van der Waals surface area contributed by atoms with E-state index in [1.165, 1.54) is 12.1 Å². The topological polar surface area (TPSA) is 12.0 Å². The molecule has 3 heteroatoms. The van der Waals surface area contributed by atoms with Gasteiger partial charge in [-0.25, -0.2) is 8.78 Å². The third-order valence-corrected chi connectivity index (χ3v) is 3.61. The van der Waals surface area contributed by atoms with E-state index in [0.717, 1.165) is 16.7 Å². The van der Waals surface area contributed by atoms with Gasteiger partial charge in [0.1, 0.15) is 11.6 Å². The van der Waals surface area contributed by atoms with Crippen molar-refractivity contribution in [3.63, 3.8) is 0 Å². The summed E-state index contributed by atoms with van der Waals surface area (Å²) >= 11 is 0. The van der Waals surface area contributed by atoms with Crippen LogP contribution in [-0.2, 0) is 6.54 Å². The predicted molar refractivity (Wildman–Crippen MR) is 77.5 cm³/mol. The van der Waals surface area contributed by atoms with E-state index in [4.69, 9.17) is 0 Å². The van der Waals surface area contributed by atoms with Crippen LogP contribution in [0.3, 0.4) is 0 Å². The number of hydrogen-bond acceptors (Lipinski definition) is 1. The van der Waals surface area contributed by atoms with Crippen molar-refractivity contribution in [2.45, 2.75) is 33.4 Å². The predicted octanol–water partition coefficient (Wildman–Crippen LogP) is 4.43. The van der Waals surface area contributed by atoms with Crippen molar-refractivity contribution < 1.29 is 8.78 Å². The molecule has 0 aliphatic rings. The monoisotopic (exact) mass is 275 g/mol. The van der Waals surface area contributed by atoms with Gasteiger partial charge in [-0.1, -0.05) is 18.2 Å². The second-order valence-electron chi connectivity index (χ2n) is 5.18. The molecule has 2 rings (SSSR count). The van der Waals surface area contributed by atoms with Crippen LogP contribution in [0.4, 0.5) is 8.78 Å². The largest absolute Gasteiger partial charge is 0.306 e. The second kappa shape index (κ2) is 6.14. The maximum absolute atomic E-state index is 13.5.